The fourth-order valence-electron chi connectivity index (χ4n) is 3.38. The van der Waals surface area contributed by atoms with E-state index in [9.17, 15) is 14.4 Å². The molecular formula is C21H18ClNO3. The minimum Gasteiger partial charge on any atom is -0.374 e. The van der Waals surface area contributed by atoms with Crippen LogP contribution in [0.4, 0.5) is 0 Å². The number of carbonyl (C=O) groups excluding carboxylic acids is 3. The number of ketones is 3. The molecule has 26 heavy (non-hydrogen) atoms. The van der Waals surface area contributed by atoms with Gasteiger partial charge in [0.25, 0.3) is 0 Å². The van der Waals surface area contributed by atoms with Crippen LogP contribution in [0.5, 0.6) is 0 Å². The molecule has 1 aliphatic carbocycles. The number of fused-ring (bicyclic) bond motifs is 1. The highest BCUT2D eigenvalue weighted by molar-refractivity contribution is 6.31. The van der Waals surface area contributed by atoms with Crippen molar-refractivity contribution in [2.75, 3.05) is 14.1 Å². The molecular weight excluding hydrogens is 350 g/mol. The average Bonchev–Trinajstić information content (AvgIpc) is 2.59. The Hall–Kier alpha value is -2.72. The molecule has 0 aromatic heterocycles. The number of benzene rings is 2. The molecule has 2 aromatic rings. The van der Waals surface area contributed by atoms with Gasteiger partial charge in [0.2, 0.25) is 5.78 Å². The van der Waals surface area contributed by atoms with E-state index in [0.717, 1.165) is 0 Å². The van der Waals surface area contributed by atoms with E-state index in [1.54, 1.807) is 67.5 Å². The Morgan fingerprint density at radius 1 is 0.962 bits per heavy atom. The molecule has 5 heteroatoms. The standard InChI is InChI=1S/C21H18ClNO3/c1-12(24)17(13-7-6-8-14(22)11-13)18-19(23(2)3)21(26)16-10-5-4-9-15(16)20(18)25/h4-11,17H,1-3H3. The highest BCUT2D eigenvalue weighted by Crippen LogP contribution is 2.37. The maximum atomic E-state index is 13.3. The maximum Gasteiger partial charge on any atom is 0.210 e. The summed E-state index contributed by atoms with van der Waals surface area (Å²) in [6, 6.07) is 13.5. The third-order valence-electron chi connectivity index (χ3n) is 4.46. The first-order chi connectivity index (χ1) is 12.3. The fourth-order valence-corrected chi connectivity index (χ4v) is 3.58. The van der Waals surface area contributed by atoms with Gasteiger partial charge < -0.3 is 4.90 Å². The van der Waals surface area contributed by atoms with Crippen LogP contribution in [-0.4, -0.2) is 36.3 Å². The van der Waals surface area contributed by atoms with E-state index in [1.807, 2.05) is 0 Å². The molecule has 0 fully saturated rings. The van der Waals surface area contributed by atoms with Crippen molar-refractivity contribution in [3.05, 3.63) is 81.5 Å². The summed E-state index contributed by atoms with van der Waals surface area (Å²) in [5.41, 5.74) is 1.73. The van der Waals surface area contributed by atoms with Crippen LogP contribution in [-0.2, 0) is 4.79 Å². The molecule has 0 aliphatic heterocycles. The van der Waals surface area contributed by atoms with Gasteiger partial charge in [-0.15, -0.1) is 0 Å². The number of Topliss-reactive ketones (excluding diaryl/α,β-unsaturated/α-hetero) is 3. The number of halogens is 1. The topological polar surface area (TPSA) is 54.5 Å². The van der Waals surface area contributed by atoms with Crippen LogP contribution in [0.15, 0.2) is 59.8 Å². The molecule has 132 valence electrons. The van der Waals surface area contributed by atoms with E-state index in [-0.39, 0.29) is 28.6 Å². The Bertz CT molecular complexity index is 959. The van der Waals surface area contributed by atoms with Crippen molar-refractivity contribution in [1.82, 2.24) is 4.90 Å². The molecule has 4 nitrogen and oxygen atoms in total. The first kappa shape index (κ1) is 18.1. The molecule has 1 atom stereocenters. The normalized spacial score (nSPS) is 14.9. The van der Waals surface area contributed by atoms with Crippen LogP contribution < -0.4 is 0 Å². The molecule has 0 heterocycles. The number of nitrogens with zero attached hydrogens (tertiary/aromatic N) is 1. The van der Waals surface area contributed by atoms with Gasteiger partial charge in [-0.2, -0.15) is 0 Å². The summed E-state index contributed by atoms with van der Waals surface area (Å²) >= 11 is 6.09. The second-order valence-electron chi connectivity index (χ2n) is 6.46. The number of allylic oxidation sites excluding steroid dienone is 2. The smallest absolute Gasteiger partial charge is 0.210 e. The molecule has 0 radical (unpaired) electrons. The Morgan fingerprint density at radius 3 is 2.12 bits per heavy atom. The van der Waals surface area contributed by atoms with Crippen LogP contribution in [0.25, 0.3) is 0 Å². The van der Waals surface area contributed by atoms with Crippen molar-refractivity contribution >= 4 is 29.0 Å². The zero-order chi connectivity index (χ0) is 19.0. The first-order valence-corrected chi connectivity index (χ1v) is 8.56. The summed E-state index contributed by atoms with van der Waals surface area (Å²) in [5, 5.41) is 0.468. The van der Waals surface area contributed by atoms with Crippen molar-refractivity contribution in [3.8, 4) is 0 Å². The Labute approximate surface area is 157 Å². The van der Waals surface area contributed by atoms with Gasteiger partial charge in [-0.25, -0.2) is 0 Å². The average molecular weight is 368 g/mol. The van der Waals surface area contributed by atoms with Gasteiger partial charge in [-0.1, -0.05) is 48.0 Å². The van der Waals surface area contributed by atoms with Crippen LogP contribution in [0.3, 0.4) is 0 Å². The Kier molecular flexibility index (Phi) is 4.79. The van der Waals surface area contributed by atoms with Crippen LogP contribution in [0.1, 0.15) is 39.1 Å². The summed E-state index contributed by atoms with van der Waals surface area (Å²) in [6.45, 7) is 1.42. The minimum atomic E-state index is -0.851. The van der Waals surface area contributed by atoms with E-state index in [4.69, 9.17) is 11.6 Å². The summed E-state index contributed by atoms with van der Waals surface area (Å²) in [4.78, 5) is 40.4. The van der Waals surface area contributed by atoms with Crippen molar-refractivity contribution in [1.29, 1.82) is 0 Å². The summed E-state index contributed by atoms with van der Waals surface area (Å²) in [7, 11) is 3.40. The molecule has 0 spiro atoms. The second-order valence-corrected chi connectivity index (χ2v) is 6.90. The quantitative estimate of drug-likeness (QED) is 0.822. The van der Waals surface area contributed by atoms with Crippen molar-refractivity contribution in [3.63, 3.8) is 0 Å². The van der Waals surface area contributed by atoms with Gasteiger partial charge >= 0.3 is 0 Å². The molecule has 2 aromatic carbocycles. The van der Waals surface area contributed by atoms with E-state index < -0.39 is 5.92 Å². The van der Waals surface area contributed by atoms with Crippen molar-refractivity contribution < 1.29 is 14.4 Å². The molecule has 0 saturated carbocycles. The molecule has 0 bridgehead atoms. The first-order valence-electron chi connectivity index (χ1n) is 8.18. The monoisotopic (exact) mass is 367 g/mol. The summed E-state index contributed by atoms with van der Waals surface area (Å²) in [5.74, 6) is -1.63. The zero-order valence-electron chi connectivity index (χ0n) is 14.7. The van der Waals surface area contributed by atoms with E-state index >= 15 is 0 Å². The summed E-state index contributed by atoms with van der Waals surface area (Å²) < 4.78 is 0. The Morgan fingerprint density at radius 2 is 1.58 bits per heavy atom. The second kappa shape index (κ2) is 6.89. The molecule has 0 N–H and O–H groups in total. The zero-order valence-corrected chi connectivity index (χ0v) is 15.5. The molecule has 3 rings (SSSR count). The molecule has 1 aliphatic rings. The maximum absolute atomic E-state index is 13.3. The summed E-state index contributed by atoms with van der Waals surface area (Å²) in [6.07, 6.45) is 0. The van der Waals surface area contributed by atoms with Crippen LogP contribution in [0, 0.1) is 0 Å². The van der Waals surface area contributed by atoms with Gasteiger partial charge in [0, 0.05) is 35.8 Å². The lowest BCUT2D eigenvalue weighted by Crippen LogP contribution is -2.33. The van der Waals surface area contributed by atoms with Gasteiger partial charge in [0.15, 0.2) is 5.78 Å². The number of hydrogen-bond acceptors (Lipinski definition) is 4. The number of rotatable bonds is 4. The van der Waals surface area contributed by atoms with Gasteiger partial charge in [0.1, 0.15) is 5.78 Å². The van der Waals surface area contributed by atoms with Crippen molar-refractivity contribution in [2.45, 2.75) is 12.8 Å². The lowest BCUT2D eigenvalue weighted by atomic mass is 9.77. The van der Waals surface area contributed by atoms with E-state index in [0.29, 0.717) is 21.7 Å². The number of likely N-dealkylation sites (N-methyl/N-ethyl adjacent to an activating group) is 1. The van der Waals surface area contributed by atoms with Gasteiger partial charge in [-0.3, -0.25) is 14.4 Å². The molecule has 1 unspecified atom stereocenters. The van der Waals surface area contributed by atoms with Gasteiger partial charge in [0.05, 0.1) is 11.6 Å². The predicted molar refractivity (Wildman–Crippen MR) is 101 cm³/mol. The lowest BCUT2D eigenvalue weighted by Gasteiger charge is -2.29. The largest absolute Gasteiger partial charge is 0.374 e. The number of hydrogen-bond donors (Lipinski definition) is 0. The van der Waals surface area contributed by atoms with E-state index in [2.05, 4.69) is 0 Å². The minimum absolute atomic E-state index is 0.202. The fraction of sp³-hybridized carbons (Fsp3) is 0.190. The third kappa shape index (κ3) is 2.97. The Balaban J connectivity index is 2.30. The van der Waals surface area contributed by atoms with E-state index in [1.165, 1.54) is 6.92 Å². The van der Waals surface area contributed by atoms with Crippen LogP contribution >= 0.6 is 11.6 Å². The molecule has 0 amide bonds. The van der Waals surface area contributed by atoms with Crippen LogP contribution in [0.2, 0.25) is 5.02 Å². The van der Waals surface area contributed by atoms with Crippen molar-refractivity contribution in [2.24, 2.45) is 0 Å². The lowest BCUT2D eigenvalue weighted by molar-refractivity contribution is -0.117. The predicted octanol–water partition coefficient (Wildman–Crippen LogP) is 3.91. The van der Waals surface area contributed by atoms with Gasteiger partial charge in [-0.05, 0) is 24.6 Å². The number of carbonyl (C=O) groups is 3. The highest BCUT2D eigenvalue weighted by Gasteiger charge is 2.39. The molecule has 0 saturated heterocycles. The highest BCUT2D eigenvalue weighted by atomic mass is 35.5. The third-order valence-corrected chi connectivity index (χ3v) is 4.69. The SMILES string of the molecule is CC(=O)C(C1=C(N(C)C)C(=O)c2ccccc2C1=O)c1cccc(Cl)c1.